The molecule has 0 saturated carbocycles. The normalized spacial score (nSPS) is 10.8. The highest BCUT2D eigenvalue weighted by atomic mass is 35.5. The number of rotatable bonds is 2. The Hall–Kier alpha value is -1.75. The molecular formula is C14H9Cl3N4. The van der Waals surface area contributed by atoms with Crippen LogP contribution in [0.15, 0.2) is 36.4 Å². The van der Waals surface area contributed by atoms with Gasteiger partial charge in [0, 0.05) is 26.1 Å². The highest BCUT2D eigenvalue weighted by Crippen LogP contribution is 2.27. The van der Waals surface area contributed by atoms with Crippen molar-refractivity contribution in [3.8, 4) is 0 Å². The summed E-state index contributed by atoms with van der Waals surface area (Å²) in [6, 6.07) is 10.3. The number of nitrogen functional groups attached to an aromatic ring is 1. The molecule has 0 bridgehead atoms. The van der Waals surface area contributed by atoms with Crippen molar-refractivity contribution in [3.05, 3.63) is 51.5 Å². The van der Waals surface area contributed by atoms with E-state index in [4.69, 9.17) is 40.5 Å². The molecule has 0 aliphatic rings. The molecule has 7 heteroatoms. The summed E-state index contributed by atoms with van der Waals surface area (Å²) in [5.41, 5.74) is 7.27. The topological polar surface area (TPSA) is 63.8 Å². The Labute approximate surface area is 135 Å². The van der Waals surface area contributed by atoms with Gasteiger partial charge in [-0.05, 0) is 36.4 Å². The number of halogens is 3. The van der Waals surface area contributed by atoms with Crippen LogP contribution in [0.25, 0.3) is 10.9 Å². The molecule has 0 radical (unpaired) electrons. The number of nitrogens with zero attached hydrogens (tertiary/aromatic N) is 2. The van der Waals surface area contributed by atoms with Crippen LogP contribution in [0.1, 0.15) is 0 Å². The molecular weight excluding hydrogens is 331 g/mol. The SMILES string of the molecule is Nc1nc(Nc2cc(Cl)cc(Cl)c2)nc2cc(Cl)ccc12. The summed E-state index contributed by atoms with van der Waals surface area (Å²) in [4.78, 5) is 8.59. The number of anilines is 3. The van der Waals surface area contributed by atoms with Crippen molar-refractivity contribution < 1.29 is 0 Å². The predicted octanol–water partition coefficient (Wildman–Crippen LogP) is 4.92. The Morgan fingerprint density at radius 2 is 1.57 bits per heavy atom. The smallest absolute Gasteiger partial charge is 0.229 e. The van der Waals surface area contributed by atoms with Crippen LogP contribution in [-0.4, -0.2) is 9.97 Å². The number of aromatic nitrogens is 2. The summed E-state index contributed by atoms with van der Waals surface area (Å²) in [6.45, 7) is 0. The molecule has 2 aromatic carbocycles. The van der Waals surface area contributed by atoms with Gasteiger partial charge in [0.15, 0.2) is 0 Å². The third-order valence-electron chi connectivity index (χ3n) is 2.81. The molecule has 0 fully saturated rings. The first-order valence-corrected chi connectivity index (χ1v) is 7.10. The number of nitrogens with one attached hydrogen (secondary N) is 1. The minimum absolute atomic E-state index is 0.348. The molecule has 21 heavy (non-hydrogen) atoms. The second-order valence-electron chi connectivity index (χ2n) is 4.38. The molecule has 1 aromatic heterocycles. The van der Waals surface area contributed by atoms with Gasteiger partial charge in [0.2, 0.25) is 5.95 Å². The van der Waals surface area contributed by atoms with Gasteiger partial charge in [0.1, 0.15) is 5.82 Å². The lowest BCUT2D eigenvalue weighted by molar-refractivity contribution is 1.22. The lowest BCUT2D eigenvalue weighted by Crippen LogP contribution is -2.01. The van der Waals surface area contributed by atoms with E-state index in [0.717, 1.165) is 5.39 Å². The van der Waals surface area contributed by atoms with E-state index in [1.54, 1.807) is 36.4 Å². The molecule has 0 amide bonds. The molecule has 4 nitrogen and oxygen atoms in total. The van der Waals surface area contributed by atoms with Crippen LogP contribution in [0.4, 0.5) is 17.5 Å². The Balaban J connectivity index is 2.04. The van der Waals surface area contributed by atoms with Crippen LogP contribution in [0.3, 0.4) is 0 Å². The minimum atomic E-state index is 0.348. The van der Waals surface area contributed by atoms with Gasteiger partial charge in [-0.1, -0.05) is 34.8 Å². The van der Waals surface area contributed by atoms with Gasteiger partial charge in [0.25, 0.3) is 0 Å². The summed E-state index contributed by atoms with van der Waals surface area (Å²) in [5.74, 6) is 0.716. The zero-order chi connectivity index (χ0) is 15.0. The van der Waals surface area contributed by atoms with Crippen LogP contribution in [0.5, 0.6) is 0 Å². The summed E-state index contributed by atoms with van der Waals surface area (Å²) >= 11 is 17.9. The molecule has 0 spiro atoms. The lowest BCUT2D eigenvalue weighted by atomic mass is 10.2. The summed E-state index contributed by atoms with van der Waals surface area (Å²) in [6.07, 6.45) is 0. The van der Waals surface area contributed by atoms with Gasteiger partial charge in [0.05, 0.1) is 5.52 Å². The molecule has 3 aromatic rings. The van der Waals surface area contributed by atoms with E-state index in [1.165, 1.54) is 0 Å². The van der Waals surface area contributed by atoms with Gasteiger partial charge in [-0.3, -0.25) is 0 Å². The summed E-state index contributed by atoms with van der Waals surface area (Å²) in [7, 11) is 0. The van der Waals surface area contributed by atoms with E-state index in [1.807, 2.05) is 0 Å². The molecule has 3 N–H and O–H groups in total. The maximum atomic E-state index is 5.97. The molecule has 0 aliphatic heterocycles. The third-order valence-corrected chi connectivity index (χ3v) is 3.48. The fourth-order valence-electron chi connectivity index (χ4n) is 1.94. The van der Waals surface area contributed by atoms with E-state index in [-0.39, 0.29) is 0 Å². The highest BCUT2D eigenvalue weighted by Gasteiger charge is 2.07. The van der Waals surface area contributed by atoms with Crippen molar-refractivity contribution in [1.82, 2.24) is 9.97 Å². The second-order valence-corrected chi connectivity index (χ2v) is 5.69. The zero-order valence-corrected chi connectivity index (χ0v) is 12.8. The molecule has 106 valence electrons. The van der Waals surface area contributed by atoms with Gasteiger partial charge in [-0.25, -0.2) is 4.98 Å². The quantitative estimate of drug-likeness (QED) is 0.696. The largest absolute Gasteiger partial charge is 0.383 e. The van der Waals surface area contributed by atoms with Crippen LogP contribution in [0.2, 0.25) is 15.1 Å². The maximum Gasteiger partial charge on any atom is 0.229 e. The van der Waals surface area contributed by atoms with Crippen molar-refractivity contribution in [1.29, 1.82) is 0 Å². The molecule has 0 unspecified atom stereocenters. The molecule has 0 aliphatic carbocycles. The highest BCUT2D eigenvalue weighted by molar-refractivity contribution is 6.35. The average molecular weight is 340 g/mol. The fraction of sp³-hybridized carbons (Fsp3) is 0. The zero-order valence-electron chi connectivity index (χ0n) is 10.6. The molecule has 0 saturated heterocycles. The fourth-order valence-corrected chi connectivity index (χ4v) is 2.63. The molecule has 1 heterocycles. The Kier molecular flexibility index (Phi) is 3.76. The summed E-state index contributed by atoms with van der Waals surface area (Å²) < 4.78 is 0. The van der Waals surface area contributed by atoms with Gasteiger partial charge >= 0.3 is 0 Å². The molecule has 0 atom stereocenters. The van der Waals surface area contributed by atoms with Crippen molar-refractivity contribution >= 4 is 63.2 Å². The van der Waals surface area contributed by atoms with E-state index < -0.39 is 0 Å². The summed E-state index contributed by atoms with van der Waals surface area (Å²) in [5, 5.41) is 5.38. The third kappa shape index (κ3) is 3.13. The Morgan fingerprint density at radius 1 is 0.857 bits per heavy atom. The molecule has 3 rings (SSSR count). The number of nitrogens with two attached hydrogens (primary N) is 1. The van der Waals surface area contributed by atoms with Crippen molar-refractivity contribution in [2.45, 2.75) is 0 Å². The second kappa shape index (κ2) is 5.56. The number of benzene rings is 2. The van der Waals surface area contributed by atoms with Gasteiger partial charge < -0.3 is 11.1 Å². The first-order valence-electron chi connectivity index (χ1n) is 5.97. The van der Waals surface area contributed by atoms with Crippen LogP contribution < -0.4 is 11.1 Å². The van der Waals surface area contributed by atoms with E-state index in [9.17, 15) is 0 Å². The lowest BCUT2D eigenvalue weighted by Gasteiger charge is -2.08. The van der Waals surface area contributed by atoms with E-state index >= 15 is 0 Å². The van der Waals surface area contributed by atoms with Crippen molar-refractivity contribution in [3.63, 3.8) is 0 Å². The Bertz CT molecular complexity index is 816. The first-order chi connectivity index (χ1) is 10.0. The number of hydrogen-bond acceptors (Lipinski definition) is 4. The number of hydrogen-bond donors (Lipinski definition) is 2. The van der Waals surface area contributed by atoms with Crippen molar-refractivity contribution in [2.75, 3.05) is 11.1 Å². The Morgan fingerprint density at radius 3 is 2.29 bits per heavy atom. The van der Waals surface area contributed by atoms with E-state index in [2.05, 4.69) is 15.3 Å². The van der Waals surface area contributed by atoms with Gasteiger partial charge in [-0.2, -0.15) is 4.98 Å². The monoisotopic (exact) mass is 338 g/mol. The van der Waals surface area contributed by atoms with Crippen LogP contribution in [0, 0.1) is 0 Å². The van der Waals surface area contributed by atoms with Gasteiger partial charge in [-0.15, -0.1) is 0 Å². The van der Waals surface area contributed by atoms with E-state index in [0.29, 0.717) is 38.0 Å². The van der Waals surface area contributed by atoms with Crippen LogP contribution >= 0.6 is 34.8 Å². The maximum absolute atomic E-state index is 5.97. The van der Waals surface area contributed by atoms with Crippen molar-refractivity contribution in [2.24, 2.45) is 0 Å². The minimum Gasteiger partial charge on any atom is -0.383 e. The average Bonchev–Trinajstić information content (AvgIpc) is 2.36. The predicted molar refractivity (Wildman–Crippen MR) is 88.7 cm³/mol. The number of fused-ring (bicyclic) bond motifs is 1. The first kappa shape index (κ1) is 14.2. The van der Waals surface area contributed by atoms with Crippen LogP contribution in [-0.2, 0) is 0 Å². The standard InChI is InChI=1S/C14H9Cl3N4/c15-7-1-2-11-12(6-7)20-14(21-13(11)18)19-10-4-8(16)3-9(17)5-10/h1-6H,(H3,18,19,20,21).